The molecule has 0 bridgehead atoms. The average Bonchev–Trinajstić information content (AvgIpc) is 2.66. The number of benzene rings is 2. The van der Waals surface area contributed by atoms with Crippen molar-refractivity contribution in [2.75, 3.05) is 18.0 Å². The number of amides is 2. The zero-order chi connectivity index (χ0) is 18.5. The number of nitrogens with zero attached hydrogens (tertiary/aromatic N) is 2. The van der Waals surface area contributed by atoms with Crippen molar-refractivity contribution in [1.29, 1.82) is 0 Å². The maximum Gasteiger partial charge on any atom is 0.268 e. The van der Waals surface area contributed by atoms with E-state index in [4.69, 9.17) is 4.74 Å². The second kappa shape index (κ2) is 8.04. The number of hydrogen-bond acceptors (Lipinski definition) is 3. The van der Waals surface area contributed by atoms with Gasteiger partial charge in [0, 0.05) is 13.1 Å². The van der Waals surface area contributed by atoms with Gasteiger partial charge in [0.2, 0.25) is 5.91 Å². The second-order valence-corrected chi connectivity index (χ2v) is 6.45. The van der Waals surface area contributed by atoms with Crippen LogP contribution in [0.3, 0.4) is 0 Å². The van der Waals surface area contributed by atoms with Crippen LogP contribution in [0, 0.1) is 0 Å². The van der Waals surface area contributed by atoms with Gasteiger partial charge in [-0.1, -0.05) is 49.4 Å². The van der Waals surface area contributed by atoms with Crippen LogP contribution in [0.25, 0.3) is 0 Å². The monoisotopic (exact) mass is 352 g/mol. The van der Waals surface area contributed by atoms with E-state index >= 15 is 0 Å². The molecule has 0 N–H and O–H groups in total. The first kappa shape index (κ1) is 18.0. The van der Waals surface area contributed by atoms with Crippen molar-refractivity contribution in [2.45, 2.75) is 32.9 Å². The van der Waals surface area contributed by atoms with Crippen LogP contribution < -0.4 is 9.64 Å². The van der Waals surface area contributed by atoms with Crippen LogP contribution in [0.1, 0.15) is 25.8 Å². The molecule has 3 rings (SSSR count). The van der Waals surface area contributed by atoms with Gasteiger partial charge in [-0.2, -0.15) is 0 Å². The predicted octanol–water partition coefficient (Wildman–Crippen LogP) is 3.24. The molecule has 5 nitrogen and oxygen atoms in total. The zero-order valence-corrected chi connectivity index (χ0v) is 15.2. The van der Waals surface area contributed by atoms with Crippen LogP contribution in [0.5, 0.6) is 5.75 Å². The Hall–Kier alpha value is -2.82. The van der Waals surface area contributed by atoms with Crippen LogP contribution in [0.4, 0.5) is 5.69 Å². The Morgan fingerprint density at radius 1 is 1.12 bits per heavy atom. The number of para-hydroxylation sites is 2. The van der Waals surface area contributed by atoms with E-state index in [-0.39, 0.29) is 18.4 Å². The predicted molar refractivity (Wildman–Crippen MR) is 101 cm³/mol. The summed E-state index contributed by atoms with van der Waals surface area (Å²) in [6, 6.07) is 17.2. The van der Waals surface area contributed by atoms with Crippen molar-refractivity contribution in [2.24, 2.45) is 0 Å². The van der Waals surface area contributed by atoms with E-state index < -0.39 is 6.10 Å². The molecule has 0 fully saturated rings. The Kier molecular flexibility index (Phi) is 5.56. The highest BCUT2D eigenvalue weighted by Gasteiger charge is 2.33. The lowest BCUT2D eigenvalue weighted by Gasteiger charge is -2.34. The number of carbonyl (C=O) groups excluding carboxylic acids is 2. The Morgan fingerprint density at radius 2 is 1.81 bits per heavy atom. The Labute approximate surface area is 154 Å². The van der Waals surface area contributed by atoms with Gasteiger partial charge in [0.1, 0.15) is 12.3 Å². The molecule has 1 aliphatic heterocycles. The quantitative estimate of drug-likeness (QED) is 0.802. The Morgan fingerprint density at radius 3 is 2.54 bits per heavy atom. The van der Waals surface area contributed by atoms with Gasteiger partial charge in [-0.3, -0.25) is 14.5 Å². The molecular formula is C21H24N2O3. The lowest BCUT2D eigenvalue weighted by Crippen LogP contribution is -2.49. The summed E-state index contributed by atoms with van der Waals surface area (Å²) < 4.78 is 5.64. The number of ether oxygens (including phenoxy) is 1. The molecule has 1 unspecified atom stereocenters. The third-order valence-corrected chi connectivity index (χ3v) is 4.43. The number of carbonyl (C=O) groups is 2. The van der Waals surface area contributed by atoms with Crippen LogP contribution in [-0.2, 0) is 16.1 Å². The van der Waals surface area contributed by atoms with Gasteiger partial charge >= 0.3 is 0 Å². The van der Waals surface area contributed by atoms with E-state index in [1.165, 1.54) is 0 Å². The summed E-state index contributed by atoms with van der Waals surface area (Å²) >= 11 is 0. The smallest absolute Gasteiger partial charge is 0.268 e. The highest BCUT2D eigenvalue weighted by atomic mass is 16.5. The van der Waals surface area contributed by atoms with E-state index in [0.29, 0.717) is 24.5 Å². The lowest BCUT2D eigenvalue weighted by molar-refractivity contribution is -0.133. The zero-order valence-electron chi connectivity index (χ0n) is 15.2. The molecular weight excluding hydrogens is 328 g/mol. The number of rotatable bonds is 6. The van der Waals surface area contributed by atoms with Crippen LogP contribution in [-0.4, -0.2) is 35.9 Å². The molecule has 0 aromatic heterocycles. The van der Waals surface area contributed by atoms with Crippen molar-refractivity contribution < 1.29 is 14.3 Å². The van der Waals surface area contributed by atoms with Crippen molar-refractivity contribution in [3.63, 3.8) is 0 Å². The summed E-state index contributed by atoms with van der Waals surface area (Å²) in [7, 11) is 0. The highest BCUT2D eigenvalue weighted by Crippen LogP contribution is 2.33. The van der Waals surface area contributed by atoms with E-state index in [1.54, 1.807) is 11.8 Å². The first-order valence-electron chi connectivity index (χ1n) is 8.99. The molecule has 0 aliphatic carbocycles. The van der Waals surface area contributed by atoms with Gasteiger partial charge in [-0.25, -0.2) is 0 Å². The van der Waals surface area contributed by atoms with E-state index in [1.807, 2.05) is 66.4 Å². The topological polar surface area (TPSA) is 49.9 Å². The molecule has 1 atom stereocenters. The van der Waals surface area contributed by atoms with Gasteiger partial charge in [0.25, 0.3) is 5.91 Å². The van der Waals surface area contributed by atoms with Crippen molar-refractivity contribution in [3.05, 3.63) is 60.2 Å². The molecule has 2 aromatic carbocycles. The number of hydrogen-bond donors (Lipinski definition) is 0. The summed E-state index contributed by atoms with van der Waals surface area (Å²) in [6.07, 6.45) is 0.272. The molecule has 2 amide bonds. The van der Waals surface area contributed by atoms with Crippen LogP contribution in [0.15, 0.2) is 54.6 Å². The molecule has 1 heterocycles. The Balaban J connectivity index is 1.79. The third kappa shape index (κ3) is 3.87. The minimum absolute atomic E-state index is 0.0242. The minimum atomic E-state index is -0.591. The summed E-state index contributed by atoms with van der Waals surface area (Å²) in [5, 5.41) is 0. The minimum Gasteiger partial charge on any atom is -0.479 e. The highest BCUT2D eigenvalue weighted by molar-refractivity contribution is 6.03. The fraction of sp³-hybridized carbons (Fsp3) is 0.333. The molecule has 5 heteroatoms. The van der Waals surface area contributed by atoms with Gasteiger partial charge in [0.05, 0.1) is 5.69 Å². The average molecular weight is 352 g/mol. The van der Waals surface area contributed by atoms with Gasteiger partial charge in [-0.05, 0) is 31.0 Å². The molecule has 0 spiro atoms. The first-order valence-corrected chi connectivity index (χ1v) is 8.99. The summed E-state index contributed by atoms with van der Waals surface area (Å²) in [6.45, 7) is 4.98. The van der Waals surface area contributed by atoms with Gasteiger partial charge < -0.3 is 9.64 Å². The largest absolute Gasteiger partial charge is 0.479 e. The standard InChI is InChI=1S/C21H24N2O3/c1-3-13-22(14-17-9-5-4-6-10-17)20(24)15-23-18-11-7-8-12-19(18)26-16(2)21(23)25/h4-12,16H,3,13-15H2,1-2H3. The summed E-state index contributed by atoms with van der Waals surface area (Å²) in [5.74, 6) is 0.388. The van der Waals surface area contributed by atoms with E-state index in [9.17, 15) is 9.59 Å². The van der Waals surface area contributed by atoms with Crippen molar-refractivity contribution >= 4 is 17.5 Å². The lowest BCUT2D eigenvalue weighted by atomic mass is 10.1. The third-order valence-electron chi connectivity index (χ3n) is 4.43. The number of anilines is 1. The van der Waals surface area contributed by atoms with Crippen LogP contribution in [0.2, 0.25) is 0 Å². The van der Waals surface area contributed by atoms with E-state index in [2.05, 4.69) is 0 Å². The molecule has 2 aromatic rings. The number of fused-ring (bicyclic) bond motifs is 1. The molecule has 136 valence electrons. The molecule has 26 heavy (non-hydrogen) atoms. The van der Waals surface area contributed by atoms with Crippen molar-refractivity contribution in [1.82, 2.24) is 4.90 Å². The summed E-state index contributed by atoms with van der Waals surface area (Å²) in [5.41, 5.74) is 1.73. The molecule has 1 aliphatic rings. The molecule has 0 radical (unpaired) electrons. The molecule has 0 saturated heterocycles. The SMILES string of the molecule is CCCN(Cc1ccccc1)C(=O)CN1C(=O)C(C)Oc2ccccc21. The van der Waals surface area contributed by atoms with Crippen LogP contribution >= 0.6 is 0 Å². The maximum atomic E-state index is 13.0. The normalized spacial score (nSPS) is 16.0. The van der Waals surface area contributed by atoms with Gasteiger partial charge in [0.15, 0.2) is 6.10 Å². The van der Waals surface area contributed by atoms with Gasteiger partial charge in [-0.15, -0.1) is 0 Å². The van der Waals surface area contributed by atoms with E-state index in [0.717, 1.165) is 12.0 Å². The first-order chi connectivity index (χ1) is 12.6. The summed E-state index contributed by atoms with van der Waals surface area (Å²) in [4.78, 5) is 28.9. The van der Waals surface area contributed by atoms with Crippen molar-refractivity contribution in [3.8, 4) is 5.75 Å². The second-order valence-electron chi connectivity index (χ2n) is 6.45. The fourth-order valence-electron chi connectivity index (χ4n) is 3.12. The fourth-order valence-corrected chi connectivity index (χ4v) is 3.12. The Bertz CT molecular complexity index is 776. The molecule has 0 saturated carbocycles. The maximum absolute atomic E-state index is 13.0.